The number of piperazine rings is 1. The number of rotatable bonds is 3. The first-order valence-electron chi connectivity index (χ1n) is 7.65. The van der Waals surface area contributed by atoms with Crippen molar-refractivity contribution < 1.29 is 0 Å². The van der Waals surface area contributed by atoms with Gasteiger partial charge in [-0.15, -0.1) is 11.3 Å². The van der Waals surface area contributed by atoms with Crippen LogP contribution < -0.4 is 5.32 Å². The van der Waals surface area contributed by atoms with Crippen molar-refractivity contribution >= 4 is 11.3 Å². The molecule has 0 saturated carbocycles. The lowest BCUT2D eigenvalue weighted by Crippen LogP contribution is -2.61. The van der Waals surface area contributed by atoms with Gasteiger partial charge in [0, 0.05) is 35.5 Å². The lowest BCUT2D eigenvalue weighted by atomic mass is 9.93. The average molecular weight is 295 g/mol. The van der Waals surface area contributed by atoms with Crippen molar-refractivity contribution in [2.75, 3.05) is 13.1 Å². The van der Waals surface area contributed by atoms with Crippen LogP contribution >= 0.6 is 11.3 Å². The van der Waals surface area contributed by atoms with Gasteiger partial charge in [-0.25, -0.2) is 4.98 Å². The first-order chi connectivity index (χ1) is 9.22. The van der Waals surface area contributed by atoms with Crippen LogP contribution in [-0.2, 0) is 12.0 Å². The van der Waals surface area contributed by atoms with Gasteiger partial charge in [0.1, 0.15) is 5.01 Å². The number of nitrogens with zero attached hydrogens (tertiary/aromatic N) is 2. The molecule has 0 spiro atoms. The molecule has 3 nitrogen and oxygen atoms in total. The minimum atomic E-state index is 0.152. The molecule has 1 aliphatic rings. The molecule has 1 aromatic heterocycles. The molecule has 2 rings (SSSR count). The highest BCUT2D eigenvalue weighted by Gasteiger charge is 2.33. The zero-order valence-electron chi connectivity index (χ0n) is 13.8. The molecular weight excluding hydrogens is 266 g/mol. The molecule has 0 aromatic carbocycles. The number of nitrogens with one attached hydrogen (secondary N) is 1. The van der Waals surface area contributed by atoms with E-state index in [1.54, 1.807) is 11.3 Å². The molecule has 1 atom stereocenters. The van der Waals surface area contributed by atoms with Crippen LogP contribution in [0.25, 0.3) is 0 Å². The normalized spacial score (nSPS) is 24.0. The van der Waals surface area contributed by atoms with Crippen LogP contribution in [0, 0.1) is 0 Å². The van der Waals surface area contributed by atoms with Gasteiger partial charge in [-0.3, -0.25) is 4.90 Å². The van der Waals surface area contributed by atoms with E-state index in [4.69, 9.17) is 4.98 Å². The summed E-state index contributed by atoms with van der Waals surface area (Å²) >= 11 is 1.81. The molecule has 2 heterocycles. The molecule has 1 fully saturated rings. The van der Waals surface area contributed by atoms with E-state index in [0.717, 1.165) is 19.6 Å². The lowest BCUT2D eigenvalue weighted by Gasteiger charge is -2.45. The minimum absolute atomic E-state index is 0.152. The van der Waals surface area contributed by atoms with Gasteiger partial charge in [0.15, 0.2) is 0 Å². The third-order valence-electron chi connectivity index (χ3n) is 4.26. The van der Waals surface area contributed by atoms with E-state index < -0.39 is 0 Å². The molecule has 1 aromatic rings. The van der Waals surface area contributed by atoms with Crippen molar-refractivity contribution in [3.8, 4) is 0 Å². The van der Waals surface area contributed by atoms with E-state index in [1.807, 2.05) is 0 Å². The Morgan fingerprint density at radius 2 is 2.15 bits per heavy atom. The molecule has 0 bridgehead atoms. The molecule has 1 aliphatic heterocycles. The smallest absolute Gasteiger partial charge is 0.107 e. The Labute approximate surface area is 127 Å². The van der Waals surface area contributed by atoms with Crippen LogP contribution in [0.1, 0.15) is 58.7 Å². The highest BCUT2D eigenvalue weighted by molar-refractivity contribution is 7.09. The molecule has 0 aliphatic carbocycles. The van der Waals surface area contributed by atoms with Crippen LogP contribution in [0.5, 0.6) is 0 Å². The molecule has 20 heavy (non-hydrogen) atoms. The van der Waals surface area contributed by atoms with Gasteiger partial charge >= 0.3 is 0 Å². The van der Waals surface area contributed by atoms with Gasteiger partial charge < -0.3 is 5.32 Å². The van der Waals surface area contributed by atoms with Gasteiger partial charge in [-0.05, 0) is 20.3 Å². The highest BCUT2D eigenvalue weighted by atomic mass is 32.1. The topological polar surface area (TPSA) is 28.2 Å². The monoisotopic (exact) mass is 295 g/mol. The van der Waals surface area contributed by atoms with Crippen molar-refractivity contribution in [3.05, 3.63) is 16.1 Å². The Bertz CT molecular complexity index is 445. The van der Waals surface area contributed by atoms with Gasteiger partial charge in [0.05, 0.1) is 12.2 Å². The number of aromatic nitrogens is 1. The van der Waals surface area contributed by atoms with Crippen LogP contribution in [0.15, 0.2) is 5.38 Å². The standard InChI is InChI=1S/C16H29N3S/c1-7-12-8-19(16(5,6)11-17-12)9-14-18-13(10-20-14)15(2,3)4/h10,12,17H,7-9,11H2,1-6H3. The number of hydrogen-bond acceptors (Lipinski definition) is 4. The summed E-state index contributed by atoms with van der Waals surface area (Å²) in [5.41, 5.74) is 1.58. The van der Waals surface area contributed by atoms with Crippen molar-refractivity contribution in [1.29, 1.82) is 0 Å². The summed E-state index contributed by atoms with van der Waals surface area (Å²) in [6.45, 7) is 16.8. The fraction of sp³-hybridized carbons (Fsp3) is 0.812. The summed E-state index contributed by atoms with van der Waals surface area (Å²) in [5, 5.41) is 7.12. The molecule has 114 valence electrons. The van der Waals surface area contributed by atoms with Crippen molar-refractivity contribution in [2.45, 2.75) is 71.5 Å². The maximum Gasteiger partial charge on any atom is 0.107 e. The Morgan fingerprint density at radius 1 is 1.45 bits per heavy atom. The molecular formula is C16H29N3S. The summed E-state index contributed by atoms with van der Waals surface area (Å²) in [4.78, 5) is 7.43. The minimum Gasteiger partial charge on any atom is -0.311 e. The first kappa shape index (κ1) is 15.9. The predicted octanol–water partition coefficient (Wildman–Crippen LogP) is 3.40. The number of thiazole rings is 1. The van der Waals surface area contributed by atoms with E-state index in [9.17, 15) is 0 Å². The second-order valence-corrected chi connectivity index (χ2v) is 8.50. The van der Waals surface area contributed by atoms with Crippen LogP contribution in [0.4, 0.5) is 0 Å². The van der Waals surface area contributed by atoms with Crippen molar-refractivity contribution in [3.63, 3.8) is 0 Å². The van der Waals surface area contributed by atoms with Gasteiger partial charge in [0.2, 0.25) is 0 Å². The summed E-state index contributed by atoms with van der Waals surface area (Å²) in [5.74, 6) is 0. The van der Waals surface area contributed by atoms with E-state index in [-0.39, 0.29) is 11.0 Å². The zero-order valence-corrected chi connectivity index (χ0v) is 14.6. The number of hydrogen-bond donors (Lipinski definition) is 1. The van der Waals surface area contributed by atoms with Gasteiger partial charge in [0.25, 0.3) is 0 Å². The SMILES string of the molecule is CCC1CN(Cc2nc(C(C)(C)C)cs2)C(C)(C)CN1. The summed E-state index contributed by atoms with van der Waals surface area (Å²) in [6.07, 6.45) is 1.19. The maximum absolute atomic E-state index is 4.85. The first-order valence-corrected chi connectivity index (χ1v) is 8.53. The quantitative estimate of drug-likeness (QED) is 0.926. The summed E-state index contributed by atoms with van der Waals surface area (Å²) < 4.78 is 0. The van der Waals surface area contributed by atoms with Crippen LogP contribution in [0.3, 0.4) is 0 Å². The third kappa shape index (κ3) is 3.60. The molecule has 0 amide bonds. The van der Waals surface area contributed by atoms with E-state index in [0.29, 0.717) is 6.04 Å². The van der Waals surface area contributed by atoms with E-state index in [1.165, 1.54) is 17.1 Å². The largest absolute Gasteiger partial charge is 0.311 e. The highest BCUT2D eigenvalue weighted by Crippen LogP contribution is 2.27. The molecule has 1 unspecified atom stereocenters. The predicted molar refractivity (Wildman–Crippen MR) is 87.4 cm³/mol. The van der Waals surface area contributed by atoms with Crippen LogP contribution in [0.2, 0.25) is 0 Å². The summed E-state index contributed by atoms with van der Waals surface area (Å²) in [7, 11) is 0. The molecule has 1 N–H and O–H groups in total. The zero-order chi connectivity index (χ0) is 15.0. The third-order valence-corrected chi connectivity index (χ3v) is 5.09. The van der Waals surface area contributed by atoms with Gasteiger partial charge in [-0.2, -0.15) is 0 Å². The second-order valence-electron chi connectivity index (χ2n) is 7.56. The Kier molecular flexibility index (Phi) is 4.57. The molecule has 0 radical (unpaired) electrons. The van der Waals surface area contributed by atoms with E-state index >= 15 is 0 Å². The molecule has 4 heteroatoms. The van der Waals surface area contributed by atoms with Crippen molar-refractivity contribution in [1.82, 2.24) is 15.2 Å². The fourth-order valence-corrected chi connectivity index (χ4v) is 3.56. The second kappa shape index (κ2) is 5.74. The van der Waals surface area contributed by atoms with Crippen LogP contribution in [-0.4, -0.2) is 34.6 Å². The lowest BCUT2D eigenvalue weighted by molar-refractivity contribution is 0.0575. The Morgan fingerprint density at radius 3 is 2.70 bits per heavy atom. The average Bonchev–Trinajstić information content (AvgIpc) is 2.80. The molecule has 1 saturated heterocycles. The summed E-state index contributed by atoms with van der Waals surface area (Å²) in [6, 6.07) is 0.616. The maximum atomic E-state index is 4.85. The fourth-order valence-electron chi connectivity index (χ4n) is 2.53. The van der Waals surface area contributed by atoms with Gasteiger partial charge in [-0.1, -0.05) is 27.7 Å². The Hall–Kier alpha value is -0.450. The Balaban J connectivity index is 2.09. The van der Waals surface area contributed by atoms with Crippen molar-refractivity contribution in [2.24, 2.45) is 0 Å². The van der Waals surface area contributed by atoms with E-state index in [2.05, 4.69) is 57.1 Å².